The van der Waals surface area contributed by atoms with E-state index in [0.717, 1.165) is 11.1 Å². The van der Waals surface area contributed by atoms with Crippen molar-refractivity contribution in [3.8, 4) is 11.1 Å². The fourth-order valence-electron chi connectivity index (χ4n) is 1.28. The van der Waals surface area contributed by atoms with Crippen LogP contribution in [0.2, 0.25) is 0 Å². The summed E-state index contributed by atoms with van der Waals surface area (Å²) in [6.07, 6.45) is 0. The van der Waals surface area contributed by atoms with Crippen LogP contribution >= 0.6 is 11.3 Å². The highest BCUT2D eigenvalue weighted by Crippen LogP contribution is 2.21. The van der Waals surface area contributed by atoms with Crippen LogP contribution in [-0.2, 0) is 0 Å². The van der Waals surface area contributed by atoms with Gasteiger partial charge in [0.2, 0.25) is 0 Å². The van der Waals surface area contributed by atoms with E-state index >= 15 is 0 Å². The van der Waals surface area contributed by atoms with E-state index in [9.17, 15) is 4.39 Å². The number of halogens is 1. The van der Waals surface area contributed by atoms with E-state index in [1.54, 1.807) is 18.2 Å². The van der Waals surface area contributed by atoms with Gasteiger partial charge in [0, 0.05) is 4.78 Å². The molecule has 0 spiro atoms. The molecule has 15 heavy (non-hydrogen) atoms. The van der Waals surface area contributed by atoms with Gasteiger partial charge in [-0.3, -0.25) is 0 Å². The molecule has 0 aliphatic carbocycles. The first-order valence-corrected chi connectivity index (χ1v) is 5.25. The molecule has 0 unspecified atom stereocenters. The van der Waals surface area contributed by atoms with Crippen molar-refractivity contribution in [3.63, 3.8) is 0 Å². The molecule has 1 aromatic carbocycles. The summed E-state index contributed by atoms with van der Waals surface area (Å²) in [5.74, 6) is -0.281. The summed E-state index contributed by atoms with van der Waals surface area (Å²) in [4.78, 5) is 0. The fourth-order valence-corrected chi connectivity index (χ4v) is 2.07. The third-order valence-corrected chi connectivity index (χ3v) is 3.02. The summed E-state index contributed by atoms with van der Waals surface area (Å²) in [5, 5.41) is 19.7. The van der Waals surface area contributed by atoms with Crippen LogP contribution in [0.3, 0.4) is 0 Å². The molecular formula is C10H8BFO2S. The SMILES string of the molecule is OB(O)c1cc(-c2ccc(F)cc2)cs1. The molecule has 0 saturated heterocycles. The van der Waals surface area contributed by atoms with Gasteiger partial charge in [0.15, 0.2) is 0 Å². The Morgan fingerprint density at radius 2 is 1.73 bits per heavy atom. The normalized spacial score (nSPS) is 10.3. The van der Waals surface area contributed by atoms with E-state index < -0.39 is 7.12 Å². The quantitative estimate of drug-likeness (QED) is 0.750. The van der Waals surface area contributed by atoms with Crippen LogP contribution in [0.1, 0.15) is 0 Å². The summed E-state index contributed by atoms with van der Waals surface area (Å²) >= 11 is 1.26. The molecule has 76 valence electrons. The van der Waals surface area contributed by atoms with Crippen molar-refractivity contribution in [3.05, 3.63) is 41.5 Å². The van der Waals surface area contributed by atoms with Gasteiger partial charge in [0.1, 0.15) is 5.82 Å². The van der Waals surface area contributed by atoms with Crippen LogP contribution < -0.4 is 4.78 Å². The van der Waals surface area contributed by atoms with Crippen molar-refractivity contribution in [2.75, 3.05) is 0 Å². The molecular weight excluding hydrogens is 214 g/mol. The average Bonchev–Trinajstić information content (AvgIpc) is 2.68. The lowest BCUT2D eigenvalue weighted by atomic mass is 9.88. The zero-order chi connectivity index (χ0) is 10.8. The zero-order valence-corrected chi connectivity index (χ0v) is 8.54. The maximum atomic E-state index is 12.7. The molecule has 1 aromatic heterocycles. The van der Waals surface area contributed by atoms with Gasteiger partial charge in [-0.15, -0.1) is 0 Å². The van der Waals surface area contributed by atoms with Crippen LogP contribution in [0.25, 0.3) is 11.1 Å². The highest BCUT2D eigenvalue weighted by Gasteiger charge is 2.13. The molecule has 2 aromatic rings. The predicted octanol–water partition coefficient (Wildman–Crippen LogP) is 1.23. The van der Waals surface area contributed by atoms with Crippen LogP contribution in [0.5, 0.6) is 0 Å². The van der Waals surface area contributed by atoms with Gasteiger partial charge in [-0.2, -0.15) is 11.3 Å². The van der Waals surface area contributed by atoms with Gasteiger partial charge in [0.05, 0.1) is 0 Å². The minimum Gasteiger partial charge on any atom is -0.423 e. The van der Waals surface area contributed by atoms with Crippen LogP contribution in [0.15, 0.2) is 35.7 Å². The Hall–Kier alpha value is -1.17. The van der Waals surface area contributed by atoms with E-state index in [1.807, 2.05) is 5.38 Å². The molecule has 0 amide bonds. The maximum Gasteiger partial charge on any atom is 0.499 e. The van der Waals surface area contributed by atoms with Crippen molar-refractivity contribution < 1.29 is 14.4 Å². The van der Waals surface area contributed by atoms with Gasteiger partial charge >= 0.3 is 7.12 Å². The molecule has 2 N–H and O–H groups in total. The first-order valence-electron chi connectivity index (χ1n) is 4.37. The molecule has 0 aliphatic rings. The average molecular weight is 222 g/mol. The minimum absolute atomic E-state index is 0.281. The Labute approximate surface area is 90.8 Å². The van der Waals surface area contributed by atoms with Crippen LogP contribution in [-0.4, -0.2) is 17.2 Å². The number of hydrogen-bond acceptors (Lipinski definition) is 3. The van der Waals surface area contributed by atoms with Crippen molar-refractivity contribution in [2.24, 2.45) is 0 Å². The van der Waals surface area contributed by atoms with Gasteiger partial charge in [-0.05, 0) is 34.7 Å². The van der Waals surface area contributed by atoms with E-state index in [0.29, 0.717) is 4.78 Å². The summed E-state index contributed by atoms with van der Waals surface area (Å²) < 4.78 is 13.1. The lowest BCUT2D eigenvalue weighted by Gasteiger charge is -1.96. The standard InChI is InChI=1S/C10H8BFO2S/c12-9-3-1-7(2-4-9)8-5-10(11(13)14)15-6-8/h1-6,13-14H. The Balaban J connectivity index is 2.33. The molecule has 0 fully saturated rings. The number of thiophene rings is 1. The van der Waals surface area contributed by atoms with E-state index in [2.05, 4.69) is 0 Å². The number of rotatable bonds is 2. The molecule has 0 bridgehead atoms. The predicted molar refractivity (Wildman–Crippen MR) is 59.5 cm³/mol. The van der Waals surface area contributed by atoms with Crippen LogP contribution in [0, 0.1) is 5.82 Å². The van der Waals surface area contributed by atoms with E-state index in [4.69, 9.17) is 10.0 Å². The number of hydrogen-bond donors (Lipinski definition) is 2. The van der Waals surface area contributed by atoms with Gasteiger partial charge < -0.3 is 10.0 Å². The van der Waals surface area contributed by atoms with Gasteiger partial charge in [0.25, 0.3) is 0 Å². The maximum absolute atomic E-state index is 12.7. The third kappa shape index (κ3) is 2.26. The molecule has 5 heteroatoms. The Bertz CT molecular complexity index is 453. The smallest absolute Gasteiger partial charge is 0.423 e. The second-order valence-electron chi connectivity index (χ2n) is 3.12. The summed E-state index contributed by atoms with van der Waals surface area (Å²) in [7, 11) is -1.44. The Morgan fingerprint density at radius 1 is 1.07 bits per heavy atom. The lowest BCUT2D eigenvalue weighted by molar-refractivity contribution is 0.427. The van der Waals surface area contributed by atoms with Gasteiger partial charge in [-0.1, -0.05) is 12.1 Å². The van der Waals surface area contributed by atoms with Crippen molar-refractivity contribution in [2.45, 2.75) is 0 Å². The molecule has 0 saturated carbocycles. The molecule has 0 atom stereocenters. The first-order chi connectivity index (χ1) is 7.16. The lowest BCUT2D eigenvalue weighted by Crippen LogP contribution is -2.26. The third-order valence-electron chi connectivity index (χ3n) is 2.05. The van der Waals surface area contributed by atoms with Crippen molar-refractivity contribution in [1.29, 1.82) is 0 Å². The first kappa shape index (κ1) is 10.4. The summed E-state index contributed by atoms with van der Waals surface area (Å²) in [6, 6.07) is 7.75. The number of benzene rings is 1. The second kappa shape index (κ2) is 4.14. The van der Waals surface area contributed by atoms with Crippen molar-refractivity contribution in [1.82, 2.24) is 0 Å². The van der Waals surface area contributed by atoms with E-state index in [1.165, 1.54) is 23.5 Å². The fraction of sp³-hybridized carbons (Fsp3) is 0. The highest BCUT2D eigenvalue weighted by atomic mass is 32.1. The molecule has 1 heterocycles. The molecule has 0 radical (unpaired) electrons. The molecule has 0 aliphatic heterocycles. The zero-order valence-electron chi connectivity index (χ0n) is 7.72. The van der Waals surface area contributed by atoms with Crippen molar-refractivity contribution >= 4 is 23.2 Å². The monoisotopic (exact) mass is 222 g/mol. The Morgan fingerprint density at radius 3 is 2.27 bits per heavy atom. The Kier molecular flexibility index (Phi) is 2.86. The second-order valence-corrected chi connectivity index (χ2v) is 4.06. The largest absolute Gasteiger partial charge is 0.499 e. The summed E-state index contributed by atoms with van der Waals surface area (Å²) in [5.41, 5.74) is 1.72. The minimum atomic E-state index is -1.44. The highest BCUT2D eigenvalue weighted by molar-refractivity contribution is 7.20. The topological polar surface area (TPSA) is 40.5 Å². The molecule has 2 nitrogen and oxygen atoms in total. The van der Waals surface area contributed by atoms with Crippen LogP contribution in [0.4, 0.5) is 4.39 Å². The van der Waals surface area contributed by atoms with Gasteiger partial charge in [-0.25, -0.2) is 4.39 Å². The van der Waals surface area contributed by atoms with E-state index in [-0.39, 0.29) is 5.82 Å². The summed E-state index contributed by atoms with van der Waals surface area (Å²) in [6.45, 7) is 0. The molecule has 2 rings (SSSR count).